The number of fused-ring (bicyclic) bond motifs is 1. The molecule has 2 rings (SSSR count). The monoisotopic (exact) mass is 220 g/mol. The molecule has 5 heteroatoms. The minimum atomic E-state index is -1.03. The molecule has 0 atom stereocenters. The summed E-state index contributed by atoms with van der Waals surface area (Å²) in [6.45, 7) is 0.146. The van der Waals surface area contributed by atoms with E-state index in [-0.39, 0.29) is 17.9 Å². The molecule has 0 fully saturated rings. The van der Waals surface area contributed by atoms with Gasteiger partial charge in [-0.3, -0.25) is 0 Å². The summed E-state index contributed by atoms with van der Waals surface area (Å²) in [6.07, 6.45) is 0. The third-order valence-corrected chi connectivity index (χ3v) is 2.71. The third kappa shape index (κ3) is 1.33. The molecule has 0 saturated carbocycles. The van der Waals surface area contributed by atoms with Crippen molar-refractivity contribution < 1.29 is 15.0 Å². The second kappa shape index (κ2) is 3.53. The Kier molecular flexibility index (Phi) is 2.32. The summed E-state index contributed by atoms with van der Waals surface area (Å²) in [5.41, 5.74) is 7.00. The summed E-state index contributed by atoms with van der Waals surface area (Å²) in [4.78, 5) is 11.2. The van der Waals surface area contributed by atoms with Crippen LogP contribution in [0.25, 0.3) is 10.9 Å². The van der Waals surface area contributed by atoms with Crippen molar-refractivity contribution in [3.8, 4) is 5.75 Å². The van der Waals surface area contributed by atoms with E-state index < -0.39 is 5.97 Å². The smallest absolute Gasteiger partial charge is 0.338 e. The lowest BCUT2D eigenvalue weighted by molar-refractivity contribution is 0.0697. The minimum Gasteiger partial charge on any atom is -0.508 e. The van der Waals surface area contributed by atoms with Crippen LogP contribution in [0.5, 0.6) is 5.75 Å². The fraction of sp³-hybridized carbons (Fsp3) is 0.182. The third-order valence-electron chi connectivity index (χ3n) is 2.71. The Bertz CT molecular complexity index is 572. The van der Waals surface area contributed by atoms with Gasteiger partial charge in [0.25, 0.3) is 0 Å². The summed E-state index contributed by atoms with van der Waals surface area (Å²) < 4.78 is 1.73. The van der Waals surface area contributed by atoms with E-state index in [1.807, 2.05) is 0 Å². The number of hydrogen-bond donors (Lipinski definition) is 3. The maximum absolute atomic E-state index is 11.2. The Morgan fingerprint density at radius 3 is 2.75 bits per heavy atom. The second-order valence-corrected chi connectivity index (χ2v) is 3.59. The van der Waals surface area contributed by atoms with Gasteiger partial charge in [0, 0.05) is 30.2 Å². The van der Waals surface area contributed by atoms with Crippen molar-refractivity contribution in [2.24, 2.45) is 12.8 Å². The molecule has 2 aromatic rings. The van der Waals surface area contributed by atoms with E-state index >= 15 is 0 Å². The highest BCUT2D eigenvalue weighted by atomic mass is 16.4. The Labute approximate surface area is 91.7 Å². The molecule has 0 bridgehead atoms. The normalized spacial score (nSPS) is 10.9. The van der Waals surface area contributed by atoms with Gasteiger partial charge >= 0.3 is 5.97 Å². The van der Waals surface area contributed by atoms with Crippen molar-refractivity contribution in [2.45, 2.75) is 6.54 Å². The molecule has 0 spiro atoms. The van der Waals surface area contributed by atoms with Crippen LogP contribution in [0, 0.1) is 0 Å². The predicted molar refractivity (Wildman–Crippen MR) is 59.4 cm³/mol. The molecule has 0 saturated heterocycles. The summed E-state index contributed by atoms with van der Waals surface area (Å²) >= 11 is 0. The quantitative estimate of drug-likeness (QED) is 0.705. The van der Waals surface area contributed by atoms with Gasteiger partial charge in [0.1, 0.15) is 5.75 Å². The molecular formula is C11H12N2O3. The maximum atomic E-state index is 11.2. The van der Waals surface area contributed by atoms with E-state index in [1.165, 1.54) is 12.1 Å². The lowest BCUT2D eigenvalue weighted by Crippen LogP contribution is -2.09. The molecule has 16 heavy (non-hydrogen) atoms. The van der Waals surface area contributed by atoms with E-state index in [0.717, 1.165) is 5.52 Å². The van der Waals surface area contributed by atoms with Gasteiger partial charge in [-0.1, -0.05) is 0 Å². The van der Waals surface area contributed by atoms with Crippen LogP contribution in [-0.4, -0.2) is 20.7 Å². The Balaban J connectivity index is 2.92. The van der Waals surface area contributed by atoms with Crippen LogP contribution in [0.4, 0.5) is 0 Å². The number of aryl methyl sites for hydroxylation is 1. The van der Waals surface area contributed by atoms with Crippen molar-refractivity contribution in [3.05, 3.63) is 29.5 Å². The van der Waals surface area contributed by atoms with Gasteiger partial charge in [-0.15, -0.1) is 0 Å². The predicted octanol–water partition coefficient (Wildman–Crippen LogP) is 1.04. The number of aromatic nitrogens is 1. The summed E-state index contributed by atoms with van der Waals surface area (Å²) in [7, 11) is 1.76. The standard InChI is InChI=1S/C11H12N2O3/c1-13-8-3-2-6(14)4-7(8)10(11(15)16)9(13)5-12/h2-4,14H,5,12H2,1H3,(H,15,16). The lowest BCUT2D eigenvalue weighted by Gasteiger charge is -2.01. The summed E-state index contributed by atoms with van der Waals surface area (Å²) in [5.74, 6) is -0.985. The van der Waals surface area contributed by atoms with Gasteiger partial charge in [-0.25, -0.2) is 4.79 Å². The number of phenols is 1. The molecule has 5 nitrogen and oxygen atoms in total. The maximum Gasteiger partial charge on any atom is 0.338 e. The van der Waals surface area contributed by atoms with Crippen molar-refractivity contribution in [1.29, 1.82) is 0 Å². The zero-order chi connectivity index (χ0) is 11.9. The van der Waals surface area contributed by atoms with Crippen LogP contribution in [0.1, 0.15) is 16.1 Å². The molecule has 1 aromatic heterocycles. The van der Waals surface area contributed by atoms with Crippen molar-refractivity contribution in [1.82, 2.24) is 4.57 Å². The lowest BCUT2D eigenvalue weighted by atomic mass is 10.1. The van der Waals surface area contributed by atoms with E-state index in [0.29, 0.717) is 11.1 Å². The van der Waals surface area contributed by atoms with Gasteiger partial charge < -0.3 is 20.5 Å². The zero-order valence-corrected chi connectivity index (χ0v) is 8.77. The first-order valence-corrected chi connectivity index (χ1v) is 4.80. The number of benzene rings is 1. The highest BCUT2D eigenvalue weighted by Gasteiger charge is 2.19. The van der Waals surface area contributed by atoms with E-state index in [1.54, 1.807) is 17.7 Å². The Morgan fingerprint density at radius 1 is 1.50 bits per heavy atom. The van der Waals surface area contributed by atoms with Crippen LogP contribution in [0.2, 0.25) is 0 Å². The average Bonchev–Trinajstić information content (AvgIpc) is 2.50. The van der Waals surface area contributed by atoms with Crippen LogP contribution in [0.3, 0.4) is 0 Å². The van der Waals surface area contributed by atoms with Gasteiger partial charge in [0.05, 0.1) is 5.56 Å². The van der Waals surface area contributed by atoms with Crippen molar-refractivity contribution >= 4 is 16.9 Å². The van der Waals surface area contributed by atoms with E-state index in [2.05, 4.69) is 0 Å². The molecule has 0 unspecified atom stereocenters. The molecule has 4 N–H and O–H groups in total. The van der Waals surface area contributed by atoms with Crippen LogP contribution in [0.15, 0.2) is 18.2 Å². The largest absolute Gasteiger partial charge is 0.508 e. The van der Waals surface area contributed by atoms with Crippen LogP contribution < -0.4 is 5.73 Å². The van der Waals surface area contributed by atoms with Gasteiger partial charge in [0.2, 0.25) is 0 Å². The van der Waals surface area contributed by atoms with Crippen molar-refractivity contribution in [3.63, 3.8) is 0 Å². The number of aromatic hydroxyl groups is 1. The molecule has 0 aliphatic heterocycles. The van der Waals surface area contributed by atoms with Crippen LogP contribution >= 0.6 is 0 Å². The second-order valence-electron chi connectivity index (χ2n) is 3.59. The summed E-state index contributed by atoms with van der Waals surface area (Å²) in [6, 6.07) is 4.64. The molecule has 0 aliphatic carbocycles. The first-order chi connectivity index (χ1) is 7.56. The Morgan fingerprint density at radius 2 is 2.19 bits per heavy atom. The fourth-order valence-electron chi connectivity index (χ4n) is 1.96. The number of nitrogens with two attached hydrogens (primary N) is 1. The number of carboxylic acids is 1. The number of carbonyl (C=O) groups is 1. The molecule has 0 amide bonds. The average molecular weight is 220 g/mol. The highest BCUT2D eigenvalue weighted by Crippen LogP contribution is 2.28. The SMILES string of the molecule is Cn1c(CN)c(C(=O)O)c2cc(O)ccc21. The molecule has 0 aliphatic rings. The topological polar surface area (TPSA) is 88.5 Å². The molecular weight excluding hydrogens is 208 g/mol. The number of carboxylic acid groups (broad SMARTS) is 1. The van der Waals surface area contributed by atoms with Crippen molar-refractivity contribution in [2.75, 3.05) is 0 Å². The van der Waals surface area contributed by atoms with Gasteiger partial charge in [0.15, 0.2) is 0 Å². The molecule has 84 valence electrons. The molecule has 1 heterocycles. The van der Waals surface area contributed by atoms with Gasteiger partial charge in [-0.2, -0.15) is 0 Å². The molecule has 1 aromatic carbocycles. The minimum absolute atomic E-state index is 0.0455. The van der Waals surface area contributed by atoms with Gasteiger partial charge in [-0.05, 0) is 18.2 Å². The number of aromatic carboxylic acids is 1. The number of nitrogens with zero attached hydrogens (tertiary/aromatic N) is 1. The fourth-order valence-corrected chi connectivity index (χ4v) is 1.96. The first kappa shape index (κ1) is 10.5. The number of phenolic OH excluding ortho intramolecular Hbond substituents is 1. The zero-order valence-electron chi connectivity index (χ0n) is 8.77. The highest BCUT2D eigenvalue weighted by molar-refractivity contribution is 6.05. The number of hydrogen-bond acceptors (Lipinski definition) is 3. The number of rotatable bonds is 2. The molecule has 0 radical (unpaired) electrons. The van der Waals surface area contributed by atoms with E-state index in [4.69, 9.17) is 10.8 Å². The van der Waals surface area contributed by atoms with Crippen LogP contribution in [-0.2, 0) is 13.6 Å². The Hall–Kier alpha value is -2.01. The summed E-state index contributed by atoms with van der Waals surface area (Å²) in [5, 5.41) is 19.0. The first-order valence-electron chi connectivity index (χ1n) is 4.80. The van der Waals surface area contributed by atoms with E-state index in [9.17, 15) is 9.90 Å².